The predicted octanol–water partition coefficient (Wildman–Crippen LogP) is 1.55. The molecule has 1 heterocycles. The van der Waals surface area contributed by atoms with Gasteiger partial charge in [0.15, 0.2) is 6.10 Å². The highest BCUT2D eigenvalue weighted by Crippen LogP contribution is 2.28. The molecule has 0 unspecified atom stereocenters. The van der Waals surface area contributed by atoms with Gasteiger partial charge in [0.05, 0.1) is 10.6 Å². The van der Waals surface area contributed by atoms with Gasteiger partial charge in [-0.05, 0) is 38.0 Å². The highest BCUT2D eigenvalue weighted by atomic mass is 35.5. The van der Waals surface area contributed by atoms with Gasteiger partial charge in [-0.3, -0.25) is 4.79 Å². The highest BCUT2D eigenvalue weighted by Gasteiger charge is 2.29. The first-order chi connectivity index (χ1) is 11.2. The van der Waals surface area contributed by atoms with E-state index in [0.29, 0.717) is 13.1 Å². The molecule has 2 N–H and O–H groups in total. The maximum atomic E-state index is 12.7. The van der Waals surface area contributed by atoms with E-state index in [-0.39, 0.29) is 15.5 Å². The van der Waals surface area contributed by atoms with E-state index in [1.54, 1.807) is 0 Å². The zero-order chi connectivity index (χ0) is 17.9. The molecule has 0 spiro atoms. The van der Waals surface area contributed by atoms with Gasteiger partial charge in [0.2, 0.25) is 10.0 Å². The molecule has 7 nitrogen and oxygen atoms in total. The largest absolute Gasteiger partial charge is 0.449 e. The molecule has 0 aromatic heterocycles. The van der Waals surface area contributed by atoms with Crippen molar-refractivity contribution in [3.05, 3.63) is 28.8 Å². The minimum absolute atomic E-state index is 0.0110. The molecule has 2 rings (SSSR count). The fourth-order valence-corrected chi connectivity index (χ4v) is 4.38. The van der Waals surface area contributed by atoms with Gasteiger partial charge in [-0.2, -0.15) is 4.31 Å². The number of halogens is 1. The zero-order valence-corrected chi connectivity index (χ0v) is 14.8. The van der Waals surface area contributed by atoms with E-state index in [9.17, 15) is 18.0 Å². The van der Waals surface area contributed by atoms with Gasteiger partial charge >= 0.3 is 5.97 Å². The fourth-order valence-electron chi connectivity index (χ4n) is 2.36. The number of nitrogens with two attached hydrogens (primary N) is 1. The summed E-state index contributed by atoms with van der Waals surface area (Å²) in [6, 6.07) is 3.83. The number of primary amides is 1. The van der Waals surface area contributed by atoms with E-state index in [2.05, 4.69) is 0 Å². The molecule has 1 aliphatic heterocycles. The number of rotatable bonds is 5. The van der Waals surface area contributed by atoms with E-state index < -0.39 is 28.0 Å². The monoisotopic (exact) mass is 374 g/mol. The van der Waals surface area contributed by atoms with Crippen LogP contribution in [-0.2, 0) is 19.6 Å². The molecule has 1 aliphatic rings. The van der Waals surface area contributed by atoms with Crippen LogP contribution in [0.1, 0.15) is 36.5 Å². The quantitative estimate of drug-likeness (QED) is 0.787. The van der Waals surface area contributed by atoms with Gasteiger partial charge in [-0.25, -0.2) is 13.2 Å². The molecule has 1 aromatic rings. The SMILES string of the molecule is C[C@H](OC(=O)c1ccc(Cl)c(S(=O)(=O)N2CCCCC2)c1)C(N)=O. The van der Waals surface area contributed by atoms with E-state index in [0.717, 1.165) is 19.3 Å². The molecule has 1 fully saturated rings. The second kappa shape index (κ2) is 7.50. The zero-order valence-electron chi connectivity index (χ0n) is 13.2. The number of benzene rings is 1. The van der Waals surface area contributed by atoms with Crippen molar-refractivity contribution < 1.29 is 22.7 Å². The van der Waals surface area contributed by atoms with Crippen molar-refractivity contribution in [1.29, 1.82) is 0 Å². The van der Waals surface area contributed by atoms with Crippen LogP contribution in [0.25, 0.3) is 0 Å². The number of carbonyl (C=O) groups is 2. The molecule has 0 bridgehead atoms. The summed E-state index contributed by atoms with van der Waals surface area (Å²) >= 11 is 6.03. The summed E-state index contributed by atoms with van der Waals surface area (Å²) in [6.45, 7) is 2.18. The van der Waals surface area contributed by atoms with Crippen molar-refractivity contribution in [2.45, 2.75) is 37.2 Å². The van der Waals surface area contributed by atoms with Crippen LogP contribution in [0.2, 0.25) is 5.02 Å². The summed E-state index contributed by atoms with van der Waals surface area (Å²) in [6.07, 6.45) is 1.44. The van der Waals surface area contributed by atoms with Crippen LogP contribution in [0.4, 0.5) is 0 Å². The molecule has 1 saturated heterocycles. The Balaban J connectivity index is 2.31. The number of carbonyl (C=O) groups excluding carboxylic acids is 2. The van der Waals surface area contributed by atoms with Crippen LogP contribution in [0.5, 0.6) is 0 Å². The fraction of sp³-hybridized carbons (Fsp3) is 0.467. The molecule has 1 aromatic carbocycles. The van der Waals surface area contributed by atoms with Crippen molar-refractivity contribution in [3.63, 3.8) is 0 Å². The Bertz CT molecular complexity index is 744. The number of amides is 1. The second-order valence-electron chi connectivity index (χ2n) is 5.56. The van der Waals surface area contributed by atoms with Crippen LogP contribution < -0.4 is 5.73 Å². The van der Waals surface area contributed by atoms with Crippen LogP contribution >= 0.6 is 11.6 Å². The lowest BCUT2D eigenvalue weighted by Crippen LogP contribution is -2.36. The lowest BCUT2D eigenvalue weighted by Gasteiger charge is -2.26. The van der Waals surface area contributed by atoms with Gasteiger partial charge in [0.25, 0.3) is 5.91 Å². The maximum absolute atomic E-state index is 12.7. The van der Waals surface area contributed by atoms with Crippen molar-refractivity contribution in [2.24, 2.45) is 5.73 Å². The summed E-state index contributed by atoms with van der Waals surface area (Å²) in [4.78, 5) is 22.9. The van der Waals surface area contributed by atoms with Crippen molar-refractivity contribution in [2.75, 3.05) is 13.1 Å². The molecule has 9 heteroatoms. The number of piperidine rings is 1. The molecular formula is C15H19ClN2O5S. The average Bonchev–Trinajstić information content (AvgIpc) is 2.55. The smallest absolute Gasteiger partial charge is 0.338 e. The molecular weight excluding hydrogens is 356 g/mol. The maximum Gasteiger partial charge on any atom is 0.338 e. The van der Waals surface area contributed by atoms with Gasteiger partial charge in [0.1, 0.15) is 4.90 Å². The lowest BCUT2D eigenvalue weighted by molar-refractivity contribution is -0.125. The molecule has 0 radical (unpaired) electrons. The number of ether oxygens (including phenoxy) is 1. The Morgan fingerprint density at radius 3 is 2.46 bits per heavy atom. The van der Waals surface area contributed by atoms with Crippen molar-refractivity contribution in [3.8, 4) is 0 Å². The number of hydrogen-bond donors (Lipinski definition) is 1. The summed E-state index contributed by atoms with van der Waals surface area (Å²) in [5.74, 6) is -1.63. The summed E-state index contributed by atoms with van der Waals surface area (Å²) in [5, 5.41) is 0.0278. The highest BCUT2D eigenvalue weighted by molar-refractivity contribution is 7.89. The van der Waals surface area contributed by atoms with Gasteiger partial charge in [-0.1, -0.05) is 18.0 Å². The van der Waals surface area contributed by atoms with E-state index in [4.69, 9.17) is 22.1 Å². The minimum Gasteiger partial charge on any atom is -0.449 e. The summed E-state index contributed by atoms with van der Waals surface area (Å²) < 4.78 is 31.7. The third-order valence-electron chi connectivity index (χ3n) is 3.78. The van der Waals surface area contributed by atoms with Crippen LogP contribution in [0.3, 0.4) is 0 Å². The molecule has 132 valence electrons. The van der Waals surface area contributed by atoms with Crippen LogP contribution in [-0.4, -0.2) is 43.8 Å². The molecule has 1 amide bonds. The predicted molar refractivity (Wildman–Crippen MR) is 88.1 cm³/mol. The third kappa shape index (κ3) is 4.06. The first-order valence-corrected chi connectivity index (χ1v) is 9.35. The Morgan fingerprint density at radius 2 is 1.88 bits per heavy atom. The normalized spacial score (nSPS) is 17.2. The Kier molecular flexibility index (Phi) is 5.84. The minimum atomic E-state index is -3.79. The number of esters is 1. The Labute approximate surface area is 145 Å². The molecule has 0 aliphatic carbocycles. The lowest BCUT2D eigenvalue weighted by atomic mass is 10.2. The van der Waals surface area contributed by atoms with Crippen molar-refractivity contribution in [1.82, 2.24) is 4.31 Å². The van der Waals surface area contributed by atoms with Gasteiger partial charge in [0, 0.05) is 13.1 Å². The molecule has 24 heavy (non-hydrogen) atoms. The average molecular weight is 375 g/mol. The third-order valence-corrected chi connectivity index (χ3v) is 6.16. The number of sulfonamides is 1. The van der Waals surface area contributed by atoms with Crippen LogP contribution in [0.15, 0.2) is 23.1 Å². The molecule has 0 saturated carbocycles. The van der Waals surface area contributed by atoms with Crippen molar-refractivity contribution >= 4 is 33.5 Å². The first-order valence-electron chi connectivity index (χ1n) is 7.53. The van der Waals surface area contributed by atoms with E-state index in [1.807, 2.05) is 0 Å². The van der Waals surface area contributed by atoms with Gasteiger partial charge in [-0.15, -0.1) is 0 Å². The van der Waals surface area contributed by atoms with Crippen LogP contribution in [0, 0.1) is 0 Å². The summed E-state index contributed by atoms with van der Waals surface area (Å²) in [7, 11) is -3.79. The second-order valence-corrected chi connectivity index (χ2v) is 7.87. The number of hydrogen-bond acceptors (Lipinski definition) is 5. The number of nitrogens with zero attached hydrogens (tertiary/aromatic N) is 1. The van der Waals surface area contributed by atoms with E-state index in [1.165, 1.54) is 29.4 Å². The Hall–Kier alpha value is -1.64. The summed E-state index contributed by atoms with van der Waals surface area (Å²) in [5.41, 5.74) is 5.03. The van der Waals surface area contributed by atoms with E-state index >= 15 is 0 Å². The topological polar surface area (TPSA) is 107 Å². The van der Waals surface area contributed by atoms with Gasteiger partial charge < -0.3 is 10.5 Å². The standard InChI is InChI=1S/C15H19ClN2O5S/c1-10(14(17)19)23-15(20)11-5-6-12(16)13(9-11)24(21,22)18-7-3-2-4-8-18/h5-6,9-10H,2-4,7-8H2,1H3,(H2,17,19)/t10-/m0/s1. The Morgan fingerprint density at radius 1 is 1.25 bits per heavy atom. The molecule has 1 atom stereocenters. The first kappa shape index (κ1) is 18.7.